The van der Waals surface area contributed by atoms with E-state index >= 15 is 0 Å². The van der Waals surface area contributed by atoms with Crippen LogP contribution in [0.2, 0.25) is 0 Å². The highest BCUT2D eigenvalue weighted by Crippen LogP contribution is 2.29. The van der Waals surface area contributed by atoms with Crippen molar-refractivity contribution in [2.75, 3.05) is 7.05 Å². The van der Waals surface area contributed by atoms with Crippen molar-refractivity contribution in [3.8, 4) is 0 Å². The number of aromatic nitrogens is 3. The first-order valence-electron chi connectivity index (χ1n) is 7.99. The van der Waals surface area contributed by atoms with Crippen LogP contribution in [-0.2, 0) is 32.2 Å². The molecule has 10 heteroatoms. The van der Waals surface area contributed by atoms with E-state index in [4.69, 9.17) is 0 Å². The van der Waals surface area contributed by atoms with Crippen LogP contribution < -0.4 is 10.6 Å². The molecule has 0 fully saturated rings. The van der Waals surface area contributed by atoms with Gasteiger partial charge in [-0.25, -0.2) is 0 Å². The Kier molecular flexibility index (Phi) is 6.84. The predicted octanol–water partition coefficient (Wildman–Crippen LogP) is 2.73. The topological polar surface area (TPSA) is 67.1 Å². The number of nitrogens with zero attached hydrogens (tertiary/aromatic N) is 4. The van der Waals surface area contributed by atoms with Crippen LogP contribution in [0.3, 0.4) is 0 Å². The molecule has 0 radical (unpaired) electrons. The van der Waals surface area contributed by atoms with E-state index in [1.54, 1.807) is 7.05 Å². The van der Waals surface area contributed by atoms with E-state index in [1.165, 1.54) is 12.1 Å². The Morgan fingerprint density at radius 1 is 1.15 bits per heavy atom. The summed E-state index contributed by atoms with van der Waals surface area (Å²) in [5.41, 5.74) is 0.0822. The second-order valence-corrected chi connectivity index (χ2v) is 5.76. The zero-order chi connectivity index (χ0) is 17.9. The smallest absolute Gasteiger partial charge is 0.352 e. The molecule has 6 nitrogen and oxygen atoms in total. The van der Waals surface area contributed by atoms with Gasteiger partial charge in [0.15, 0.2) is 11.8 Å². The van der Waals surface area contributed by atoms with Gasteiger partial charge in [0.05, 0.1) is 12.1 Å². The van der Waals surface area contributed by atoms with E-state index in [9.17, 15) is 13.2 Å². The van der Waals surface area contributed by atoms with Gasteiger partial charge in [0.2, 0.25) is 0 Å². The molecule has 0 saturated carbocycles. The second kappa shape index (κ2) is 8.69. The standard InChI is InChI=1S/C16H19F3N6.HI/c1-20-15(22-10-14-24-23-13-3-2-8-25(13)14)21-9-11-4-6-12(7-5-11)16(17,18)19;/h4-7H,2-3,8-10H2,1H3,(H2,20,21,22);1H. The minimum absolute atomic E-state index is 0. The fourth-order valence-corrected chi connectivity index (χ4v) is 2.72. The first-order valence-corrected chi connectivity index (χ1v) is 7.99. The molecule has 0 unspecified atom stereocenters. The zero-order valence-corrected chi connectivity index (χ0v) is 16.5. The SMILES string of the molecule is CN=C(NCc1ccc(C(F)(F)F)cc1)NCc1nnc2n1CCC2.I. The van der Waals surface area contributed by atoms with Crippen molar-refractivity contribution in [1.29, 1.82) is 0 Å². The van der Waals surface area contributed by atoms with Crippen LogP contribution in [0.1, 0.15) is 29.2 Å². The predicted molar refractivity (Wildman–Crippen MR) is 102 cm³/mol. The number of fused-ring (bicyclic) bond motifs is 1. The van der Waals surface area contributed by atoms with Gasteiger partial charge in [0.1, 0.15) is 5.82 Å². The van der Waals surface area contributed by atoms with E-state index in [1.807, 2.05) is 0 Å². The Bertz CT molecular complexity index is 754. The summed E-state index contributed by atoms with van der Waals surface area (Å²) in [6, 6.07) is 5.06. The lowest BCUT2D eigenvalue weighted by Crippen LogP contribution is -2.37. The molecular formula is C16H20F3IN6. The van der Waals surface area contributed by atoms with Crippen LogP contribution in [0.5, 0.6) is 0 Å². The molecule has 0 saturated heterocycles. The van der Waals surface area contributed by atoms with Crippen molar-refractivity contribution in [2.45, 2.75) is 38.7 Å². The highest BCUT2D eigenvalue weighted by Gasteiger charge is 2.29. The van der Waals surface area contributed by atoms with E-state index < -0.39 is 11.7 Å². The summed E-state index contributed by atoms with van der Waals surface area (Å²) >= 11 is 0. The monoisotopic (exact) mass is 480 g/mol. The molecule has 0 spiro atoms. The third kappa shape index (κ3) is 4.86. The Labute approximate surface area is 166 Å². The number of hydrogen-bond acceptors (Lipinski definition) is 3. The maximum Gasteiger partial charge on any atom is 0.416 e. The molecule has 2 heterocycles. The lowest BCUT2D eigenvalue weighted by Gasteiger charge is -2.12. The molecule has 1 aliphatic heterocycles. The second-order valence-electron chi connectivity index (χ2n) is 5.76. The number of benzene rings is 1. The Balaban J connectivity index is 0.00000243. The maximum atomic E-state index is 12.6. The van der Waals surface area contributed by atoms with Crippen LogP contribution >= 0.6 is 24.0 Å². The summed E-state index contributed by atoms with van der Waals surface area (Å²) in [6.45, 7) is 1.78. The molecule has 142 valence electrons. The van der Waals surface area contributed by atoms with Gasteiger partial charge < -0.3 is 15.2 Å². The van der Waals surface area contributed by atoms with Crippen molar-refractivity contribution < 1.29 is 13.2 Å². The summed E-state index contributed by atoms with van der Waals surface area (Å²) in [7, 11) is 1.64. The summed E-state index contributed by atoms with van der Waals surface area (Å²) < 4.78 is 39.8. The largest absolute Gasteiger partial charge is 0.416 e. The Morgan fingerprint density at radius 3 is 2.50 bits per heavy atom. The van der Waals surface area contributed by atoms with Crippen molar-refractivity contribution in [2.24, 2.45) is 4.99 Å². The van der Waals surface area contributed by atoms with E-state index in [2.05, 4.69) is 30.4 Å². The van der Waals surface area contributed by atoms with E-state index in [0.717, 1.165) is 48.7 Å². The van der Waals surface area contributed by atoms with Gasteiger partial charge in [-0.3, -0.25) is 4.99 Å². The van der Waals surface area contributed by atoms with Gasteiger partial charge in [0.25, 0.3) is 0 Å². The van der Waals surface area contributed by atoms with Gasteiger partial charge >= 0.3 is 6.18 Å². The lowest BCUT2D eigenvalue weighted by atomic mass is 10.1. The summed E-state index contributed by atoms with van der Waals surface area (Å²) in [5, 5.41) is 14.5. The lowest BCUT2D eigenvalue weighted by molar-refractivity contribution is -0.137. The van der Waals surface area contributed by atoms with Gasteiger partial charge in [-0.1, -0.05) is 12.1 Å². The number of alkyl halides is 3. The first-order chi connectivity index (χ1) is 12.0. The third-order valence-electron chi connectivity index (χ3n) is 4.06. The zero-order valence-electron chi connectivity index (χ0n) is 14.2. The number of aryl methyl sites for hydroxylation is 1. The number of nitrogens with one attached hydrogen (secondary N) is 2. The molecule has 0 amide bonds. The third-order valence-corrected chi connectivity index (χ3v) is 4.06. The molecule has 3 rings (SSSR count). The van der Waals surface area contributed by atoms with Crippen molar-refractivity contribution in [3.63, 3.8) is 0 Å². The molecule has 1 aliphatic rings. The van der Waals surface area contributed by atoms with E-state index in [0.29, 0.717) is 19.0 Å². The normalized spacial score (nSPS) is 13.9. The average molecular weight is 480 g/mol. The molecule has 26 heavy (non-hydrogen) atoms. The molecular weight excluding hydrogens is 460 g/mol. The summed E-state index contributed by atoms with van der Waals surface area (Å²) in [4.78, 5) is 4.11. The minimum atomic E-state index is -4.32. The van der Waals surface area contributed by atoms with Gasteiger partial charge in [0, 0.05) is 26.6 Å². The fraction of sp³-hybridized carbons (Fsp3) is 0.438. The first kappa shape index (κ1) is 20.5. The number of guanidine groups is 1. The summed E-state index contributed by atoms with van der Waals surface area (Å²) in [6.07, 6.45) is -2.28. The van der Waals surface area contributed by atoms with Crippen molar-refractivity contribution >= 4 is 29.9 Å². The quantitative estimate of drug-likeness (QED) is 0.402. The summed E-state index contributed by atoms with van der Waals surface area (Å²) in [5.74, 6) is 2.41. The van der Waals surface area contributed by atoms with Crippen molar-refractivity contribution in [3.05, 3.63) is 47.0 Å². The fourth-order valence-electron chi connectivity index (χ4n) is 2.72. The highest BCUT2D eigenvalue weighted by molar-refractivity contribution is 14.0. The number of hydrogen-bond donors (Lipinski definition) is 2. The number of halogens is 4. The molecule has 0 atom stereocenters. The van der Waals surface area contributed by atoms with Gasteiger partial charge in [-0.2, -0.15) is 13.2 Å². The minimum Gasteiger partial charge on any atom is -0.352 e. The Hall–Kier alpha value is -1.85. The van der Waals surface area contributed by atoms with Gasteiger partial charge in [-0.15, -0.1) is 34.2 Å². The molecule has 1 aromatic heterocycles. The van der Waals surface area contributed by atoms with E-state index in [-0.39, 0.29) is 24.0 Å². The number of aliphatic imine (C=N–C) groups is 1. The molecule has 1 aromatic carbocycles. The van der Waals surface area contributed by atoms with Crippen LogP contribution in [0.4, 0.5) is 13.2 Å². The Morgan fingerprint density at radius 2 is 1.85 bits per heavy atom. The van der Waals surface area contributed by atoms with Crippen LogP contribution in [0, 0.1) is 0 Å². The molecule has 2 aromatic rings. The van der Waals surface area contributed by atoms with Crippen LogP contribution in [0.15, 0.2) is 29.3 Å². The van der Waals surface area contributed by atoms with Gasteiger partial charge in [-0.05, 0) is 24.1 Å². The maximum absolute atomic E-state index is 12.6. The average Bonchev–Trinajstić information content (AvgIpc) is 3.19. The van der Waals surface area contributed by atoms with Crippen LogP contribution in [0.25, 0.3) is 0 Å². The highest BCUT2D eigenvalue weighted by atomic mass is 127. The molecule has 0 bridgehead atoms. The van der Waals surface area contributed by atoms with Crippen LogP contribution in [-0.4, -0.2) is 27.8 Å². The number of rotatable bonds is 4. The molecule has 2 N–H and O–H groups in total. The van der Waals surface area contributed by atoms with Crippen molar-refractivity contribution in [1.82, 2.24) is 25.4 Å². The molecule has 0 aliphatic carbocycles.